The summed E-state index contributed by atoms with van der Waals surface area (Å²) in [5.41, 5.74) is 3.06. The Labute approximate surface area is 177 Å². The van der Waals surface area contributed by atoms with Crippen LogP contribution in [0.15, 0.2) is 36.4 Å². The lowest BCUT2D eigenvalue weighted by molar-refractivity contribution is 0.124. The Morgan fingerprint density at radius 1 is 1.10 bits per heavy atom. The van der Waals surface area contributed by atoms with Gasteiger partial charge in [-0.2, -0.15) is 5.26 Å². The van der Waals surface area contributed by atoms with Crippen LogP contribution >= 0.6 is 0 Å². The molecule has 2 aromatic rings. The molecular weight excluding hydrogens is 380 g/mol. The molecule has 2 aliphatic heterocycles. The molecule has 2 fully saturated rings. The summed E-state index contributed by atoms with van der Waals surface area (Å²) in [6.07, 6.45) is 1.04. The Morgan fingerprint density at radius 3 is 2.50 bits per heavy atom. The maximum atomic E-state index is 9.10. The van der Waals surface area contributed by atoms with E-state index in [0.29, 0.717) is 12.5 Å². The van der Waals surface area contributed by atoms with Crippen LogP contribution in [0.3, 0.4) is 0 Å². The maximum absolute atomic E-state index is 9.10. The third kappa shape index (κ3) is 4.38. The number of ether oxygens (including phenoxy) is 4. The van der Waals surface area contributed by atoms with Crippen molar-refractivity contribution >= 4 is 0 Å². The molecule has 0 radical (unpaired) electrons. The topological polar surface area (TPSA) is 64.0 Å². The molecule has 2 aromatic carbocycles. The summed E-state index contributed by atoms with van der Waals surface area (Å²) in [5.74, 6) is 3.00. The van der Waals surface area contributed by atoms with E-state index in [1.165, 1.54) is 0 Å². The summed E-state index contributed by atoms with van der Waals surface area (Å²) >= 11 is 0. The van der Waals surface area contributed by atoms with Crippen LogP contribution in [0.1, 0.15) is 12.0 Å². The molecule has 6 nitrogen and oxygen atoms in total. The highest BCUT2D eigenvalue weighted by Gasteiger charge is 2.27. The lowest BCUT2D eigenvalue weighted by Crippen LogP contribution is -2.45. The molecule has 4 rings (SSSR count). The number of methoxy groups -OCH3 is 2. The van der Waals surface area contributed by atoms with E-state index >= 15 is 0 Å². The summed E-state index contributed by atoms with van der Waals surface area (Å²) in [6.45, 7) is 4.59. The van der Waals surface area contributed by atoms with E-state index in [1.807, 2.05) is 24.3 Å². The molecule has 0 bridgehead atoms. The van der Waals surface area contributed by atoms with E-state index in [-0.39, 0.29) is 5.92 Å². The first kappa shape index (κ1) is 20.5. The molecule has 2 heterocycles. The monoisotopic (exact) mass is 408 g/mol. The zero-order valence-electron chi connectivity index (χ0n) is 17.6. The summed E-state index contributed by atoms with van der Waals surface area (Å²) in [5, 5.41) is 9.10. The van der Waals surface area contributed by atoms with Crippen LogP contribution in [0.25, 0.3) is 11.1 Å². The second kappa shape index (κ2) is 9.38. The molecule has 0 N–H and O–H groups in total. The number of nitriles is 1. The second-order valence-corrected chi connectivity index (χ2v) is 7.92. The smallest absolute Gasteiger partial charge is 0.130 e. The van der Waals surface area contributed by atoms with Gasteiger partial charge >= 0.3 is 0 Å². The zero-order valence-corrected chi connectivity index (χ0v) is 17.6. The minimum atomic E-state index is 0.127. The number of nitrogens with zero attached hydrogens (tertiary/aromatic N) is 2. The van der Waals surface area contributed by atoms with Crippen molar-refractivity contribution in [3.8, 4) is 34.4 Å². The molecule has 0 amide bonds. The second-order valence-electron chi connectivity index (χ2n) is 7.92. The molecule has 158 valence electrons. The van der Waals surface area contributed by atoms with Crippen molar-refractivity contribution < 1.29 is 18.9 Å². The van der Waals surface area contributed by atoms with Gasteiger partial charge in [0.2, 0.25) is 0 Å². The highest BCUT2D eigenvalue weighted by Crippen LogP contribution is 2.40. The van der Waals surface area contributed by atoms with Crippen molar-refractivity contribution in [1.82, 2.24) is 4.90 Å². The van der Waals surface area contributed by atoms with E-state index in [1.54, 1.807) is 14.2 Å². The van der Waals surface area contributed by atoms with E-state index in [2.05, 4.69) is 23.1 Å². The van der Waals surface area contributed by atoms with E-state index in [0.717, 1.165) is 73.2 Å². The first-order valence-electron chi connectivity index (χ1n) is 10.4. The van der Waals surface area contributed by atoms with E-state index in [9.17, 15) is 0 Å². The van der Waals surface area contributed by atoms with Gasteiger partial charge < -0.3 is 18.9 Å². The lowest BCUT2D eigenvalue weighted by Gasteiger charge is -2.35. The zero-order chi connectivity index (χ0) is 20.9. The number of likely N-dealkylation sites (tertiary alicyclic amines) is 1. The third-order valence-electron chi connectivity index (χ3n) is 5.81. The van der Waals surface area contributed by atoms with Crippen molar-refractivity contribution in [3.05, 3.63) is 42.0 Å². The van der Waals surface area contributed by atoms with Gasteiger partial charge in [-0.25, -0.2) is 0 Å². The fourth-order valence-corrected chi connectivity index (χ4v) is 4.08. The Morgan fingerprint density at radius 2 is 1.87 bits per heavy atom. The molecular formula is C24H28N2O4. The number of benzene rings is 2. The first-order valence-corrected chi connectivity index (χ1v) is 10.4. The molecule has 6 heteroatoms. The van der Waals surface area contributed by atoms with Crippen molar-refractivity contribution in [2.24, 2.45) is 11.8 Å². The summed E-state index contributed by atoms with van der Waals surface area (Å²) in [4.78, 5) is 2.28. The van der Waals surface area contributed by atoms with Gasteiger partial charge in [-0.05, 0) is 36.2 Å². The van der Waals surface area contributed by atoms with Crippen molar-refractivity contribution in [3.63, 3.8) is 0 Å². The maximum Gasteiger partial charge on any atom is 0.130 e. The Kier molecular flexibility index (Phi) is 6.41. The molecule has 1 unspecified atom stereocenters. The van der Waals surface area contributed by atoms with Crippen LogP contribution < -0.4 is 14.2 Å². The van der Waals surface area contributed by atoms with Gasteiger partial charge in [0.25, 0.3) is 0 Å². The average Bonchev–Trinajstić information content (AvgIpc) is 3.27. The fraction of sp³-hybridized carbons (Fsp3) is 0.458. The minimum Gasteiger partial charge on any atom is -0.496 e. The standard InChI is InChI=1S/C24H28N2O4/c1-27-22-4-3-5-23(28-2)24(22)19-6-7-21(30-16-17-8-9-29-15-17)20(10-19)14-26-12-18(11-25)13-26/h3-7,10,17-18H,8-9,12-16H2,1-2H3. The molecule has 0 spiro atoms. The van der Waals surface area contributed by atoms with Gasteiger partial charge in [-0.15, -0.1) is 0 Å². The molecule has 0 aromatic heterocycles. The predicted octanol–water partition coefficient (Wildman–Crippen LogP) is 3.74. The summed E-state index contributed by atoms with van der Waals surface area (Å²) in [6, 6.07) is 14.4. The summed E-state index contributed by atoms with van der Waals surface area (Å²) < 4.78 is 22.9. The van der Waals surface area contributed by atoms with E-state index in [4.69, 9.17) is 24.2 Å². The average molecular weight is 408 g/mol. The van der Waals surface area contributed by atoms with Crippen molar-refractivity contribution in [2.75, 3.05) is 47.1 Å². The van der Waals surface area contributed by atoms with Crippen molar-refractivity contribution in [1.29, 1.82) is 5.26 Å². The van der Waals surface area contributed by atoms with Crippen LogP contribution in [0.4, 0.5) is 0 Å². The highest BCUT2D eigenvalue weighted by molar-refractivity contribution is 5.78. The SMILES string of the molecule is COc1cccc(OC)c1-c1ccc(OCC2CCOC2)c(CN2CC(C#N)C2)c1. The molecule has 1 atom stereocenters. The van der Waals surface area contributed by atoms with Gasteiger partial charge in [0.15, 0.2) is 0 Å². The van der Waals surface area contributed by atoms with Crippen LogP contribution in [-0.2, 0) is 11.3 Å². The minimum absolute atomic E-state index is 0.127. The van der Waals surface area contributed by atoms with Gasteiger partial charge in [0, 0.05) is 37.7 Å². The number of hydrogen-bond donors (Lipinski definition) is 0. The van der Waals surface area contributed by atoms with Gasteiger partial charge in [-0.1, -0.05) is 12.1 Å². The van der Waals surface area contributed by atoms with Crippen LogP contribution in [0, 0.1) is 23.2 Å². The predicted molar refractivity (Wildman–Crippen MR) is 114 cm³/mol. The molecule has 0 aliphatic carbocycles. The van der Waals surface area contributed by atoms with Gasteiger partial charge in [0.1, 0.15) is 17.2 Å². The molecule has 2 saturated heterocycles. The largest absolute Gasteiger partial charge is 0.496 e. The lowest BCUT2D eigenvalue weighted by atomic mass is 9.97. The number of hydrogen-bond acceptors (Lipinski definition) is 6. The van der Waals surface area contributed by atoms with Crippen LogP contribution in [0.5, 0.6) is 17.2 Å². The normalized spacial score (nSPS) is 19.2. The first-order chi connectivity index (χ1) is 14.7. The third-order valence-corrected chi connectivity index (χ3v) is 5.81. The van der Waals surface area contributed by atoms with Crippen LogP contribution in [0.2, 0.25) is 0 Å². The van der Waals surface area contributed by atoms with Gasteiger partial charge in [-0.3, -0.25) is 4.90 Å². The quantitative estimate of drug-likeness (QED) is 0.663. The number of rotatable bonds is 8. The Hall–Kier alpha value is -2.75. The summed E-state index contributed by atoms with van der Waals surface area (Å²) in [7, 11) is 3.34. The van der Waals surface area contributed by atoms with Gasteiger partial charge in [0.05, 0.1) is 45.0 Å². The van der Waals surface area contributed by atoms with Crippen LogP contribution in [-0.4, -0.2) is 52.0 Å². The molecule has 2 aliphatic rings. The Bertz CT molecular complexity index is 890. The molecule has 0 saturated carbocycles. The van der Waals surface area contributed by atoms with E-state index < -0.39 is 0 Å². The Balaban J connectivity index is 1.63. The fourth-order valence-electron chi connectivity index (χ4n) is 4.08. The molecule has 30 heavy (non-hydrogen) atoms. The van der Waals surface area contributed by atoms with Crippen molar-refractivity contribution in [2.45, 2.75) is 13.0 Å². The highest BCUT2D eigenvalue weighted by atomic mass is 16.5.